The zero-order valence-corrected chi connectivity index (χ0v) is 13.7. The van der Waals surface area contributed by atoms with E-state index >= 15 is 0 Å². The number of halogens is 1. The number of nitrogens with two attached hydrogens (primary N) is 1. The van der Waals surface area contributed by atoms with Crippen LogP contribution < -0.4 is 15.2 Å². The molecule has 0 bridgehead atoms. The summed E-state index contributed by atoms with van der Waals surface area (Å²) >= 11 is 3.50. The Labute approximate surface area is 133 Å². The van der Waals surface area contributed by atoms with Crippen molar-refractivity contribution in [3.05, 3.63) is 22.2 Å². The van der Waals surface area contributed by atoms with Crippen LogP contribution in [0.2, 0.25) is 0 Å². The molecule has 0 amide bonds. The summed E-state index contributed by atoms with van der Waals surface area (Å²) < 4.78 is 11.7. The lowest BCUT2D eigenvalue weighted by Gasteiger charge is -2.36. The van der Waals surface area contributed by atoms with E-state index in [1.807, 2.05) is 12.1 Å². The Hall–Kier alpha value is -0.780. The molecule has 0 aromatic heterocycles. The Morgan fingerprint density at radius 2 is 1.90 bits per heavy atom. The number of ether oxygens (including phenoxy) is 2. The number of rotatable bonds is 3. The molecule has 1 aromatic carbocycles. The van der Waals surface area contributed by atoms with Crippen LogP contribution in [0.3, 0.4) is 0 Å². The van der Waals surface area contributed by atoms with Crippen LogP contribution in [0.4, 0.5) is 0 Å². The van der Waals surface area contributed by atoms with Gasteiger partial charge < -0.3 is 20.3 Å². The fourth-order valence-corrected chi connectivity index (χ4v) is 4.09. The van der Waals surface area contributed by atoms with Crippen LogP contribution in [-0.4, -0.2) is 18.4 Å². The SMILES string of the molecule is NCC1(C(O)c2cc(Br)c3c(c2)OCO3)CCCCCC1. The first-order valence-corrected chi connectivity index (χ1v) is 8.43. The molecule has 1 atom stereocenters. The molecule has 1 unspecified atom stereocenters. The van der Waals surface area contributed by atoms with Crippen LogP contribution in [0.5, 0.6) is 11.5 Å². The van der Waals surface area contributed by atoms with E-state index in [4.69, 9.17) is 15.2 Å². The summed E-state index contributed by atoms with van der Waals surface area (Å²) in [6.45, 7) is 0.746. The van der Waals surface area contributed by atoms with Crippen LogP contribution in [0.1, 0.15) is 50.2 Å². The highest BCUT2D eigenvalue weighted by atomic mass is 79.9. The van der Waals surface area contributed by atoms with Crippen molar-refractivity contribution in [3.63, 3.8) is 0 Å². The molecule has 0 radical (unpaired) electrons. The van der Waals surface area contributed by atoms with Gasteiger partial charge in [-0.1, -0.05) is 25.7 Å². The fraction of sp³-hybridized carbons (Fsp3) is 0.625. The third-order valence-corrected chi connectivity index (χ3v) is 5.44. The minimum atomic E-state index is -0.564. The van der Waals surface area contributed by atoms with E-state index in [1.54, 1.807) is 0 Å². The van der Waals surface area contributed by atoms with Crippen molar-refractivity contribution in [2.75, 3.05) is 13.3 Å². The second-order valence-corrected chi connectivity index (χ2v) is 6.97. The van der Waals surface area contributed by atoms with Gasteiger partial charge in [-0.25, -0.2) is 0 Å². The zero-order valence-electron chi connectivity index (χ0n) is 12.1. The zero-order chi connectivity index (χ0) is 14.9. The third kappa shape index (κ3) is 2.79. The quantitative estimate of drug-likeness (QED) is 0.814. The predicted octanol–water partition coefficient (Wildman–Crippen LogP) is 3.51. The van der Waals surface area contributed by atoms with E-state index in [9.17, 15) is 5.11 Å². The molecule has 3 N–H and O–H groups in total. The van der Waals surface area contributed by atoms with E-state index < -0.39 is 6.10 Å². The van der Waals surface area contributed by atoms with Crippen molar-refractivity contribution in [2.24, 2.45) is 11.1 Å². The van der Waals surface area contributed by atoms with E-state index in [2.05, 4.69) is 15.9 Å². The van der Waals surface area contributed by atoms with Crippen molar-refractivity contribution < 1.29 is 14.6 Å². The molecule has 0 saturated heterocycles. The molecule has 1 aromatic rings. The van der Waals surface area contributed by atoms with Gasteiger partial charge in [0.05, 0.1) is 10.6 Å². The van der Waals surface area contributed by atoms with Gasteiger partial charge >= 0.3 is 0 Å². The van der Waals surface area contributed by atoms with Crippen LogP contribution in [0.15, 0.2) is 16.6 Å². The minimum absolute atomic E-state index is 0.219. The monoisotopic (exact) mass is 355 g/mol. The molecule has 1 fully saturated rings. The smallest absolute Gasteiger partial charge is 0.231 e. The molecular formula is C16H22BrNO3. The number of hydrogen-bond donors (Lipinski definition) is 2. The van der Waals surface area contributed by atoms with Gasteiger partial charge in [0, 0.05) is 12.0 Å². The average Bonchev–Trinajstić information content (AvgIpc) is 2.84. The van der Waals surface area contributed by atoms with Crippen LogP contribution in [0, 0.1) is 5.41 Å². The largest absolute Gasteiger partial charge is 0.454 e. The molecule has 21 heavy (non-hydrogen) atoms. The standard InChI is InChI=1S/C16H22BrNO3/c17-12-7-11(8-13-14(12)21-10-20-13)15(19)16(9-18)5-3-1-2-4-6-16/h7-8,15,19H,1-6,9-10,18H2. The maximum atomic E-state index is 11.0. The van der Waals surface area contributed by atoms with Gasteiger partial charge in [0.1, 0.15) is 0 Å². The maximum Gasteiger partial charge on any atom is 0.231 e. The van der Waals surface area contributed by atoms with E-state index in [0.29, 0.717) is 18.0 Å². The highest BCUT2D eigenvalue weighted by Crippen LogP contribution is 2.48. The second kappa shape index (κ2) is 6.15. The first-order valence-electron chi connectivity index (χ1n) is 7.63. The fourth-order valence-electron chi connectivity index (χ4n) is 3.52. The lowest BCUT2D eigenvalue weighted by molar-refractivity contribution is 0.0165. The molecule has 5 heteroatoms. The summed E-state index contributed by atoms with van der Waals surface area (Å²) in [5, 5.41) is 11.0. The lowest BCUT2D eigenvalue weighted by atomic mass is 9.73. The Morgan fingerprint density at radius 3 is 2.57 bits per heavy atom. The molecule has 1 aliphatic heterocycles. The number of fused-ring (bicyclic) bond motifs is 1. The second-order valence-electron chi connectivity index (χ2n) is 6.12. The molecule has 1 saturated carbocycles. The highest BCUT2D eigenvalue weighted by molar-refractivity contribution is 9.10. The molecule has 116 valence electrons. The third-order valence-electron chi connectivity index (χ3n) is 4.85. The predicted molar refractivity (Wildman–Crippen MR) is 84.4 cm³/mol. The molecule has 1 aliphatic carbocycles. The normalized spacial score (nSPS) is 21.9. The summed E-state index contributed by atoms with van der Waals surface area (Å²) in [4.78, 5) is 0. The highest BCUT2D eigenvalue weighted by Gasteiger charge is 2.38. The molecule has 0 spiro atoms. The first kappa shape index (κ1) is 15.1. The van der Waals surface area contributed by atoms with E-state index in [0.717, 1.165) is 35.7 Å². The van der Waals surface area contributed by atoms with Gasteiger partial charge in [-0.3, -0.25) is 0 Å². The average molecular weight is 356 g/mol. The van der Waals surface area contributed by atoms with Gasteiger partial charge in [0.25, 0.3) is 0 Å². The molecule has 4 nitrogen and oxygen atoms in total. The van der Waals surface area contributed by atoms with Crippen LogP contribution >= 0.6 is 15.9 Å². The summed E-state index contributed by atoms with van der Waals surface area (Å²) in [6.07, 6.45) is 6.15. The summed E-state index contributed by atoms with van der Waals surface area (Å²) in [5.41, 5.74) is 6.71. The van der Waals surface area contributed by atoms with Crippen LogP contribution in [0.25, 0.3) is 0 Å². The molecule has 1 heterocycles. The number of aliphatic hydroxyl groups excluding tert-OH is 1. The van der Waals surface area contributed by atoms with Crippen molar-refractivity contribution in [1.29, 1.82) is 0 Å². The summed E-state index contributed by atoms with van der Waals surface area (Å²) in [6, 6.07) is 3.82. The van der Waals surface area contributed by atoms with Gasteiger partial charge in [-0.2, -0.15) is 0 Å². The Bertz CT molecular complexity index is 512. The first-order chi connectivity index (χ1) is 10.2. The van der Waals surface area contributed by atoms with Gasteiger partial charge in [-0.05, 0) is 46.5 Å². The van der Waals surface area contributed by atoms with Crippen molar-refractivity contribution in [3.8, 4) is 11.5 Å². The maximum absolute atomic E-state index is 11.0. The molecular weight excluding hydrogens is 334 g/mol. The number of aliphatic hydroxyl groups is 1. The molecule has 2 aliphatic rings. The Balaban J connectivity index is 1.93. The minimum Gasteiger partial charge on any atom is -0.454 e. The Morgan fingerprint density at radius 1 is 1.19 bits per heavy atom. The summed E-state index contributed by atoms with van der Waals surface area (Å²) in [5.74, 6) is 1.41. The van der Waals surface area contributed by atoms with E-state index in [1.165, 1.54) is 12.8 Å². The number of benzene rings is 1. The van der Waals surface area contributed by atoms with Crippen LogP contribution in [-0.2, 0) is 0 Å². The van der Waals surface area contributed by atoms with Gasteiger partial charge in [0.15, 0.2) is 11.5 Å². The van der Waals surface area contributed by atoms with E-state index in [-0.39, 0.29) is 12.2 Å². The Kier molecular flexibility index (Phi) is 4.43. The van der Waals surface area contributed by atoms with Gasteiger partial charge in [0.2, 0.25) is 6.79 Å². The van der Waals surface area contributed by atoms with Crippen molar-refractivity contribution in [1.82, 2.24) is 0 Å². The van der Waals surface area contributed by atoms with Crippen molar-refractivity contribution >= 4 is 15.9 Å². The summed E-state index contributed by atoms with van der Waals surface area (Å²) in [7, 11) is 0. The molecule has 3 rings (SSSR count). The number of hydrogen-bond acceptors (Lipinski definition) is 4. The topological polar surface area (TPSA) is 64.7 Å². The lowest BCUT2D eigenvalue weighted by Crippen LogP contribution is -2.36. The van der Waals surface area contributed by atoms with Gasteiger partial charge in [-0.15, -0.1) is 0 Å². The van der Waals surface area contributed by atoms with Crippen molar-refractivity contribution in [2.45, 2.75) is 44.6 Å².